The van der Waals surface area contributed by atoms with Crippen molar-refractivity contribution < 1.29 is 27.6 Å². The van der Waals surface area contributed by atoms with Crippen LogP contribution >= 0.6 is 0 Å². The molecule has 0 saturated heterocycles. The second kappa shape index (κ2) is 7.32. The first-order chi connectivity index (χ1) is 11.7. The molecule has 0 unspecified atom stereocenters. The van der Waals surface area contributed by atoms with Crippen LogP contribution in [-0.4, -0.2) is 41.9 Å². The molecule has 25 heavy (non-hydrogen) atoms. The largest absolute Gasteiger partial charge is 0.418 e. The number of alkyl halides is 3. The van der Waals surface area contributed by atoms with E-state index >= 15 is 0 Å². The highest BCUT2D eigenvalue weighted by atomic mass is 19.4. The zero-order chi connectivity index (χ0) is 18.6. The monoisotopic (exact) mass is 356 g/mol. The number of para-hydroxylation sites is 1. The maximum absolute atomic E-state index is 12.9. The Morgan fingerprint density at radius 3 is 2.56 bits per heavy atom. The Morgan fingerprint density at radius 2 is 1.96 bits per heavy atom. The van der Waals surface area contributed by atoms with E-state index in [0.29, 0.717) is 0 Å². The minimum absolute atomic E-state index is 0.0746. The predicted octanol–water partition coefficient (Wildman–Crippen LogP) is 1.37. The van der Waals surface area contributed by atoms with E-state index in [2.05, 4.69) is 15.8 Å². The predicted molar refractivity (Wildman–Crippen MR) is 82.5 cm³/mol. The number of hydrogen-bond donors (Lipinski definition) is 2. The topological polar surface area (TPSA) is 90.9 Å². The maximum Gasteiger partial charge on any atom is 0.418 e. The highest BCUT2D eigenvalue weighted by molar-refractivity contribution is 6.39. The highest BCUT2D eigenvalue weighted by Crippen LogP contribution is 2.34. The molecule has 0 fully saturated rings. The number of halogens is 3. The van der Waals surface area contributed by atoms with Crippen molar-refractivity contribution in [3.05, 3.63) is 29.8 Å². The number of hydrogen-bond acceptors (Lipinski definition) is 4. The van der Waals surface area contributed by atoms with Gasteiger partial charge in [-0.05, 0) is 12.1 Å². The lowest BCUT2D eigenvalue weighted by atomic mass is 10.1. The van der Waals surface area contributed by atoms with E-state index in [9.17, 15) is 27.6 Å². The van der Waals surface area contributed by atoms with Gasteiger partial charge in [-0.15, -0.1) is 0 Å². The number of rotatable bonds is 4. The van der Waals surface area contributed by atoms with Gasteiger partial charge in [-0.1, -0.05) is 12.1 Å². The summed E-state index contributed by atoms with van der Waals surface area (Å²) in [6.45, 7) is -0.460. The van der Waals surface area contributed by atoms with Crippen LogP contribution in [-0.2, 0) is 20.6 Å². The van der Waals surface area contributed by atoms with Crippen molar-refractivity contribution >= 4 is 29.1 Å². The van der Waals surface area contributed by atoms with Gasteiger partial charge in [-0.2, -0.15) is 18.3 Å². The van der Waals surface area contributed by atoms with E-state index < -0.39 is 30.1 Å². The molecule has 0 bridgehead atoms. The van der Waals surface area contributed by atoms with Crippen molar-refractivity contribution in [3.63, 3.8) is 0 Å². The Hall–Kier alpha value is -2.91. The van der Waals surface area contributed by atoms with Crippen LogP contribution in [0.15, 0.2) is 29.4 Å². The summed E-state index contributed by atoms with van der Waals surface area (Å²) in [5.41, 5.74) is 0.874. The average molecular weight is 356 g/mol. The Balaban J connectivity index is 2.01. The summed E-state index contributed by atoms with van der Waals surface area (Å²) in [5.74, 6) is -1.69. The van der Waals surface area contributed by atoms with Crippen LogP contribution in [0.25, 0.3) is 0 Å². The van der Waals surface area contributed by atoms with E-state index in [-0.39, 0.29) is 30.1 Å². The SMILES string of the molecule is CN(CC(=O)Nc1ccccc1C(F)(F)F)C(=O)C1=NNC(=O)CC1. The van der Waals surface area contributed by atoms with Crippen molar-refractivity contribution in [2.24, 2.45) is 5.10 Å². The fourth-order valence-corrected chi connectivity index (χ4v) is 2.16. The van der Waals surface area contributed by atoms with Crippen LogP contribution in [0.3, 0.4) is 0 Å². The molecular weight excluding hydrogens is 341 g/mol. The second-order valence-corrected chi connectivity index (χ2v) is 5.35. The van der Waals surface area contributed by atoms with E-state index in [4.69, 9.17) is 0 Å². The third-order valence-corrected chi connectivity index (χ3v) is 3.39. The number of benzene rings is 1. The molecule has 0 radical (unpaired) electrons. The van der Waals surface area contributed by atoms with E-state index in [1.54, 1.807) is 0 Å². The van der Waals surface area contributed by atoms with Crippen LogP contribution in [0.5, 0.6) is 0 Å². The van der Waals surface area contributed by atoms with Crippen LogP contribution in [0.2, 0.25) is 0 Å². The number of likely N-dealkylation sites (N-methyl/N-ethyl adjacent to an activating group) is 1. The molecule has 2 N–H and O–H groups in total. The Bertz CT molecular complexity index is 731. The van der Waals surface area contributed by atoms with Crippen LogP contribution in [0.4, 0.5) is 18.9 Å². The van der Waals surface area contributed by atoms with Crippen molar-refractivity contribution in [1.82, 2.24) is 10.3 Å². The molecule has 0 atom stereocenters. The van der Waals surface area contributed by atoms with Gasteiger partial charge in [0, 0.05) is 19.9 Å². The molecule has 0 saturated carbocycles. The Kier molecular flexibility index (Phi) is 5.40. The van der Waals surface area contributed by atoms with E-state index in [0.717, 1.165) is 17.0 Å². The van der Waals surface area contributed by atoms with Gasteiger partial charge in [-0.3, -0.25) is 14.4 Å². The van der Waals surface area contributed by atoms with Gasteiger partial charge in [0.2, 0.25) is 11.8 Å². The molecule has 1 aromatic rings. The Labute approximate surface area is 140 Å². The summed E-state index contributed by atoms with van der Waals surface area (Å²) in [5, 5.41) is 5.76. The van der Waals surface area contributed by atoms with Gasteiger partial charge in [0.15, 0.2) is 0 Å². The quantitative estimate of drug-likeness (QED) is 0.854. The molecule has 2 rings (SSSR count). The molecule has 134 valence electrons. The van der Waals surface area contributed by atoms with Gasteiger partial charge in [-0.25, -0.2) is 5.43 Å². The van der Waals surface area contributed by atoms with Crippen LogP contribution in [0.1, 0.15) is 18.4 Å². The lowest BCUT2D eigenvalue weighted by molar-refractivity contribution is -0.137. The number of nitrogens with zero attached hydrogens (tertiary/aromatic N) is 2. The molecule has 1 aliphatic heterocycles. The summed E-state index contributed by atoms with van der Waals surface area (Å²) in [7, 11) is 1.32. The molecule has 10 heteroatoms. The molecule has 7 nitrogen and oxygen atoms in total. The smallest absolute Gasteiger partial charge is 0.331 e. The molecule has 0 aromatic heterocycles. The van der Waals surface area contributed by atoms with Gasteiger partial charge < -0.3 is 10.2 Å². The molecule has 3 amide bonds. The van der Waals surface area contributed by atoms with Crippen LogP contribution in [0, 0.1) is 0 Å². The first kappa shape index (κ1) is 18.4. The van der Waals surface area contributed by atoms with Crippen molar-refractivity contribution in [2.75, 3.05) is 18.9 Å². The maximum atomic E-state index is 12.9. The van der Waals surface area contributed by atoms with Gasteiger partial charge in [0.05, 0.1) is 17.8 Å². The molecule has 1 aliphatic rings. The first-order valence-corrected chi connectivity index (χ1v) is 7.25. The third-order valence-electron chi connectivity index (χ3n) is 3.39. The lowest BCUT2D eigenvalue weighted by Gasteiger charge is -2.20. The average Bonchev–Trinajstić information content (AvgIpc) is 2.54. The summed E-state index contributed by atoms with van der Waals surface area (Å²) >= 11 is 0. The van der Waals surface area contributed by atoms with Gasteiger partial charge in [0.25, 0.3) is 5.91 Å². The zero-order valence-corrected chi connectivity index (χ0v) is 13.2. The van der Waals surface area contributed by atoms with Crippen molar-refractivity contribution in [3.8, 4) is 0 Å². The number of anilines is 1. The van der Waals surface area contributed by atoms with E-state index in [1.165, 1.54) is 19.2 Å². The summed E-state index contributed by atoms with van der Waals surface area (Å²) in [6, 6.07) is 4.55. The fourth-order valence-electron chi connectivity index (χ4n) is 2.16. The normalized spacial score (nSPS) is 14.4. The number of amides is 3. The number of hydrazone groups is 1. The molecular formula is C15H15F3N4O3. The third kappa shape index (κ3) is 4.78. The standard InChI is InChI=1S/C15H15F3N4O3/c1-22(14(25)11-6-7-12(23)21-20-11)8-13(24)19-10-5-3-2-4-9(10)15(16,17)18/h2-5H,6-8H2,1H3,(H,19,24)(H,21,23). The Morgan fingerprint density at radius 1 is 1.28 bits per heavy atom. The molecule has 0 spiro atoms. The molecule has 1 aromatic carbocycles. The first-order valence-electron chi connectivity index (χ1n) is 7.25. The second-order valence-electron chi connectivity index (χ2n) is 5.35. The minimum Gasteiger partial charge on any atom is -0.331 e. The highest BCUT2D eigenvalue weighted by Gasteiger charge is 2.33. The lowest BCUT2D eigenvalue weighted by Crippen LogP contribution is -2.41. The minimum atomic E-state index is -4.61. The summed E-state index contributed by atoms with van der Waals surface area (Å²) in [4.78, 5) is 36.1. The summed E-state index contributed by atoms with van der Waals surface area (Å²) in [6.07, 6.45) is -4.38. The summed E-state index contributed by atoms with van der Waals surface area (Å²) < 4.78 is 38.7. The number of carbonyl (C=O) groups excluding carboxylic acids is 3. The van der Waals surface area contributed by atoms with Gasteiger partial charge >= 0.3 is 6.18 Å². The number of nitrogens with one attached hydrogen (secondary N) is 2. The van der Waals surface area contributed by atoms with Crippen LogP contribution < -0.4 is 10.7 Å². The number of carbonyl (C=O) groups is 3. The van der Waals surface area contributed by atoms with Crippen molar-refractivity contribution in [2.45, 2.75) is 19.0 Å². The van der Waals surface area contributed by atoms with Crippen molar-refractivity contribution in [1.29, 1.82) is 0 Å². The molecule has 0 aliphatic carbocycles. The van der Waals surface area contributed by atoms with E-state index in [1.807, 2.05) is 0 Å². The zero-order valence-electron chi connectivity index (χ0n) is 13.2. The fraction of sp³-hybridized carbons (Fsp3) is 0.333. The van der Waals surface area contributed by atoms with Gasteiger partial charge in [0.1, 0.15) is 5.71 Å². The molecule has 1 heterocycles.